The molecular weight excluding hydrogens is 1540 g/mol. The molecule has 9 heterocycles. The van der Waals surface area contributed by atoms with Crippen LogP contribution in [0.3, 0.4) is 0 Å². The van der Waals surface area contributed by atoms with Crippen molar-refractivity contribution in [3.8, 4) is 40.1 Å². The second-order valence-corrected chi connectivity index (χ2v) is 26.9. The van der Waals surface area contributed by atoms with Crippen molar-refractivity contribution in [3.05, 3.63) is 244 Å². The maximum absolute atomic E-state index is 12.2. The number of aryl methyl sites for hydroxylation is 1. The van der Waals surface area contributed by atoms with Gasteiger partial charge in [-0.3, -0.25) is 14.6 Å². The number of nitrogens with zero attached hydrogens (tertiary/aromatic N) is 12. The number of pyridine rings is 7. The Morgan fingerprint density at radius 2 is 0.894 bits per heavy atom. The average Bonchev–Trinajstić information content (AvgIpc) is 0.933. The zero-order chi connectivity index (χ0) is 74.6. The van der Waals surface area contributed by atoms with Gasteiger partial charge in [0.25, 0.3) is 11.8 Å². The molecule has 0 aliphatic rings. The molecule has 14 aromatic rings. The summed E-state index contributed by atoms with van der Waals surface area (Å²) in [6.45, 7) is 1.56. The fraction of sp³-hybridized carbons (Fsp3) is 0.125. The zero-order valence-electron chi connectivity index (χ0n) is 54.8. The lowest BCUT2D eigenvalue weighted by molar-refractivity contribution is 0.0941. The molecule has 0 saturated heterocycles. The SMILES string of the molecule is CN(C)Cc1ccc2c(Cl)cc(Cl)c(O)c2n1.CN(c1ccccn1)c1ccc2c(Cl)cc(Cl)c(O)c2n1.Cn1cnc(CCNC(=O)c2ccc3c(Cl)cc(Cl)c(O)c3n2)c1.O=C(NCCc1cnc[nH]1)c1ccc2c(Cl)cc(Cl)c(O)c2n1.Oc1c(Cl)cc(Cl)c2ccc(-c3ccccn3)nc12. The number of phenolic OH excluding ortho intramolecular Hbond substituents is 5. The number of rotatable bonds is 13. The van der Waals surface area contributed by atoms with Crippen molar-refractivity contribution in [1.82, 2.24) is 69.9 Å². The molecule has 8 N–H and O–H groups in total. The number of amides is 2. The van der Waals surface area contributed by atoms with Crippen molar-refractivity contribution in [2.45, 2.75) is 19.4 Å². The minimum Gasteiger partial charge on any atom is -0.504 e. The average molecular weight is 1600 g/mol. The van der Waals surface area contributed by atoms with Gasteiger partial charge in [-0.05, 0) is 129 Å². The van der Waals surface area contributed by atoms with E-state index in [0.29, 0.717) is 113 Å². The number of carbonyl (C=O) groups excluding carboxylic acids is 2. The molecule has 14 rings (SSSR count). The van der Waals surface area contributed by atoms with E-state index >= 15 is 0 Å². The van der Waals surface area contributed by atoms with Crippen molar-refractivity contribution in [1.29, 1.82) is 0 Å². The van der Waals surface area contributed by atoms with Gasteiger partial charge in [0.15, 0.2) is 28.7 Å². The molecule has 2 amide bonds. The highest BCUT2D eigenvalue weighted by molar-refractivity contribution is 6.42. The molecule has 0 spiro atoms. The number of aromatic amines is 1. The van der Waals surface area contributed by atoms with Crippen LogP contribution >= 0.6 is 116 Å². The topological polar surface area (TPSA) is 303 Å². The number of phenols is 5. The molecule has 0 saturated carbocycles. The molecule has 0 fully saturated rings. The van der Waals surface area contributed by atoms with Crippen LogP contribution in [0, 0.1) is 0 Å². The van der Waals surface area contributed by atoms with Gasteiger partial charge in [-0.25, -0.2) is 39.9 Å². The molecule has 104 heavy (non-hydrogen) atoms. The van der Waals surface area contributed by atoms with Crippen LogP contribution in [0.1, 0.15) is 38.1 Å². The lowest BCUT2D eigenvalue weighted by Gasteiger charge is -2.17. The van der Waals surface area contributed by atoms with E-state index in [9.17, 15) is 35.1 Å². The standard InChI is InChI=1S/C16H14Cl2N4O2.C15H12Cl2N4O2.C15H11Cl2N3O.C14H8Cl2N2O.C12H12Cl2N2O/c1-22-7-9(20-8-22)4-5-19-16(24)13-3-2-10-11(17)6-12(18)15(23)14(10)21-13;16-10-5-11(17)14(22)13-9(10)1-2-12(21-13)15(23)19-4-3-8-6-18-7-20-8;1-20(12-4-2-3-7-18-12)13-6-5-9-10(16)8-11(17)15(21)14(9)19-13;15-9-7-10(16)14(19)13-8(9)4-5-12(18-13)11-3-1-2-6-17-11;1-16(2)6-7-3-4-8-9(13)5-10(14)12(17)11(8)15-7/h2-3,6-8,23H,4-5H2,1H3,(H,19,24);1-2,5-7,22H,3-4H2,(H,18,20)(H,19,23);2-8,21H,1H3;1-7,19H;3-5,17H,6H2,1-2H3. The fourth-order valence-corrected chi connectivity index (χ4v) is 12.6. The minimum atomic E-state index is -0.345. The number of benzene rings is 5. The first-order valence-electron chi connectivity index (χ1n) is 30.8. The van der Waals surface area contributed by atoms with Gasteiger partial charge in [0.1, 0.15) is 50.6 Å². The van der Waals surface area contributed by atoms with E-state index in [-0.39, 0.29) is 88.1 Å². The molecule has 0 aliphatic heterocycles. The number of halogens is 10. The summed E-state index contributed by atoms with van der Waals surface area (Å²) in [5.74, 6) is 0.132. The maximum atomic E-state index is 12.2. The summed E-state index contributed by atoms with van der Waals surface area (Å²) < 4.78 is 1.85. The van der Waals surface area contributed by atoms with Crippen LogP contribution in [0.4, 0.5) is 11.6 Å². The third-order valence-corrected chi connectivity index (χ3v) is 18.2. The van der Waals surface area contributed by atoms with Crippen molar-refractivity contribution < 1.29 is 35.1 Å². The predicted molar refractivity (Wildman–Crippen MR) is 414 cm³/mol. The van der Waals surface area contributed by atoms with Gasteiger partial charge in [-0.2, -0.15) is 0 Å². The lowest BCUT2D eigenvalue weighted by atomic mass is 10.1. The molecule has 0 radical (unpaired) electrons. The third kappa shape index (κ3) is 18.7. The Labute approximate surface area is 643 Å². The summed E-state index contributed by atoms with van der Waals surface area (Å²) in [6, 6.07) is 35.9. The first-order chi connectivity index (χ1) is 49.7. The smallest absolute Gasteiger partial charge is 0.269 e. The van der Waals surface area contributed by atoms with Crippen LogP contribution in [0.25, 0.3) is 65.9 Å². The van der Waals surface area contributed by atoms with Crippen LogP contribution in [-0.4, -0.2) is 131 Å². The molecule has 0 atom stereocenters. The van der Waals surface area contributed by atoms with Crippen molar-refractivity contribution in [2.24, 2.45) is 7.05 Å². The number of aromatic hydroxyl groups is 5. The number of hydrogen-bond acceptors (Lipinski definition) is 18. The first kappa shape index (κ1) is 77.1. The molecule has 0 unspecified atom stereocenters. The van der Waals surface area contributed by atoms with Gasteiger partial charge in [0.05, 0.1) is 85.7 Å². The zero-order valence-corrected chi connectivity index (χ0v) is 62.4. The van der Waals surface area contributed by atoms with Gasteiger partial charge < -0.3 is 55.5 Å². The van der Waals surface area contributed by atoms with E-state index in [1.165, 1.54) is 30.3 Å². The molecule has 532 valence electrons. The lowest BCUT2D eigenvalue weighted by Crippen LogP contribution is -2.26. The molecule has 9 aromatic heterocycles. The predicted octanol–water partition coefficient (Wildman–Crippen LogP) is 17.9. The van der Waals surface area contributed by atoms with E-state index in [0.717, 1.165) is 28.6 Å². The second-order valence-electron chi connectivity index (χ2n) is 22.8. The number of anilines is 2. The van der Waals surface area contributed by atoms with Crippen LogP contribution < -0.4 is 15.5 Å². The molecule has 32 heteroatoms. The highest BCUT2D eigenvalue weighted by Gasteiger charge is 2.20. The van der Waals surface area contributed by atoms with Crippen LogP contribution in [-0.2, 0) is 26.4 Å². The Kier molecular flexibility index (Phi) is 25.8. The van der Waals surface area contributed by atoms with Crippen LogP contribution in [0.2, 0.25) is 50.2 Å². The second kappa shape index (κ2) is 34.8. The summed E-state index contributed by atoms with van der Waals surface area (Å²) >= 11 is 59.9. The minimum absolute atomic E-state index is 0.0216. The van der Waals surface area contributed by atoms with E-state index in [1.807, 2.05) is 109 Å². The van der Waals surface area contributed by atoms with Gasteiger partial charge in [-0.1, -0.05) is 128 Å². The summed E-state index contributed by atoms with van der Waals surface area (Å²) in [5.41, 5.74) is 5.99. The van der Waals surface area contributed by atoms with E-state index in [1.54, 1.807) is 67.6 Å². The number of imidazole rings is 2. The number of carbonyl (C=O) groups is 2. The van der Waals surface area contributed by atoms with Crippen molar-refractivity contribution in [3.63, 3.8) is 0 Å². The number of hydrogen-bond donors (Lipinski definition) is 8. The molecule has 0 bridgehead atoms. The van der Waals surface area contributed by atoms with Crippen molar-refractivity contribution in [2.75, 3.05) is 39.1 Å². The number of H-pyrrole nitrogens is 1. The Morgan fingerprint density at radius 1 is 0.452 bits per heavy atom. The van der Waals surface area contributed by atoms with E-state index < -0.39 is 0 Å². The summed E-state index contributed by atoms with van der Waals surface area (Å²) in [5, 5.41) is 61.4. The largest absolute Gasteiger partial charge is 0.504 e. The quantitative estimate of drug-likeness (QED) is 0.0532. The molecule has 0 aliphatic carbocycles. The Hall–Kier alpha value is -9.53. The van der Waals surface area contributed by atoms with E-state index in [4.69, 9.17) is 116 Å². The van der Waals surface area contributed by atoms with Gasteiger partial charge in [-0.15, -0.1) is 0 Å². The van der Waals surface area contributed by atoms with E-state index in [2.05, 4.69) is 60.5 Å². The van der Waals surface area contributed by atoms with Gasteiger partial charge in [0.2, 0.25) is 0 Å². The van der Waals surface area contributed by atoms with Gasteiger partial charge >= 0.3 is 0 Å². The Morgan fingerprint density at radius 3 is 1.34 bits per heavy atom. The summed E-state index contributed by atoms with van der Waals surface area (Å²) in [4.78, 5) is 69.3. The highest BCUT2D eigenvalue weighted by atomic mass is 35.5. The van der Waals surface area contributed by atoms with Gasteiger partial charge in [0, 0.05) is 104 Å². The number of nitrogens with one attached hydrogen (secondary N) is 3. The van der Waals surface area contributed by atoms with Crippen LogP contribution in [0.15, 0.2) is 165 Å². The molecule has 22 nitrogen and oxygen atoms in total. The Balaban J connectivity index is 0.000000140. The maximum Gasteiger partial charge on any atom is 0.269 e. The number of aromatic nitrogens is 11. The summed E-state index contributed by atoms with van der Waals surface area (Å²) in [7, 11) is 7.64. The fourth-order valence-electron chi connectivity index (χ4n) is 10.0. The monoisotopic (exact) mass is 1590 g/mol. The molecular formula is C72H57Cl10N15O7. The third-order valence-electron chi connectivity index (χ3n) is 15.2. The molecule has 5 aromatic carbocycles. The summed E-state index contributed by atoms with van der Waals surface area (Å²) in [6.07, 6.45) is 11.5. The highest BCUT2D eigenvalue weighted by Crippen LogP contribution is 2.42. The van der Waals surface area contributed by atoms with Crippen LogP contribution in [0.5, 0.6) is 28.7 Å². The number of fused-ring (bicyclic) bond motifs is 5. The normalized spacial score (nSPS) is 11.0. The first-order valence-corrected chi connectivity index (χ1v) is 34.6. The van der Waals surface area contributed by atoms with Crippen molar-refractivity contribution >= 4 is 194 Å². The Bertz CT molecular complexity index is 5480.